The van der Waals surface area contributed by atoms with Crippen LogP contribution in [0.4, 0.5) is 4.79 Å². The molecule has 0 aliphatic carbocycles. The number of urea groups is 1. The Kier molecular flexibility index (Phi) is 7.45. The molecule has 8 heteroatoms. The second-order valence-electron chi connectivity index (χ2n) is 3.51. The van der Waals surface area contributed by atoms with Crippen molar-refractivity contribution in [2.24, 2.45) is 0 Å². The maximum absolute atomic E-state index is 11.5. The molecule has 0 saturated heterocycles. The van der Waals surface area contributed by atoms with Crippen LogP contribution in [0.2, 0.25) is 0 Å². The summed E-state index contributed by atoms with van der Waals surface area (Å²) in [6.07, 6.45) is -0.103. The van der Waals surface area contributed by atoms with E-state index in [9.17, 15) is 14.4 Å². The first-order valence-corrected chi connectivity index (χ1v) is 5.43. The first kappa shape index (κ1) is 16.2. The van der Waals surface area contributed by atoms with Gasteiger partial charge in [-0.25, -0.2) is 9.59 Å². The Morgan fingerprint density at radius 3 is 2.44 bits per heavy atom. The number of aliphatic hydroxyl groups is 1. The Bertz CT molecular complexity index is 307. The molecule has 0 rings (SSSR count). The van der Waals surface area contributed by atoms with Gasteiger partial charge in [0.15, 0.2) is 0 Å². The number of rotatable bonds is 7. The molecule has 8 nitrogen and oxygen atoms in total. The van der Waals surface area contributed by atoms with Gasteiger partial charge in [0.2, 0.25) is 0 Å². The van der Waals surface area contributed by atoms with Gasteiger partial charge in [-0.05, 0) is 6.92 Å². The van der Waals surface area contributed by atoms with Crippen LogP contribution in [0.15, 0.2) is 0 Å². The summed E-state index contributed by atoms with van der Waals surface area (Å²) in [7, 11) is 1.34. The highest BCUT2D eigenvalue weighted by Gasteiger charge is 2.22. The van der Waals surface area contributed by atoms with Gasteiger partial charge in [0, 0.05) is 20.1 Å². The van der Waals surface area contributed by atoms with Crippen LogP contribution in [0, 0.1) is 0 Å². The lowest BCUT2D eigenvalue weighted by molar-refractivity contribution is -0.143. The highest BCUT2D eigenvalue weighted by Crippen LogP contribution is 1.95. The summed E-state index contributed by atoms with van der Waals surface area (Å²) in [4.78, 5) is 34.4. The van der Waals surface area contributed by atoms with Crippen molar-refractivity contribution in [3.63, 3.8) is 0 Å². The van der Waals surface area contributed by atoms with Crippen molar-refractivity contribution in [3.8, 4) is 0 Å². The zero-order valence-electron chi connectivity index (χ0n) is 10.4. The zero-order chi connectivity index (χ0) is 14.1. The summed E-state index contributed by atoms with van der Waals surface area (Å²) in [5.74, 6) is -1.83. The molecule has 3 N–H and O–H groups in total. The molecule has 2 amide bonds. The first-order chi connectivity index (χ1) is 8.42. The van der Waals surface area contributed by atoms with E-state index in [0.717, 1.165) is 4.90 Å². The highest BCUT2D eigenvalue weighted by atomic mass is 16.5. The van der Waals surface area contributed by atoms with Gasteiger partial charge in [0.1, 0.15) is 12.6 Å². The number of nitrogens with one attached hydrogen (secondary N) is 1. The van der Waals surface area contributed by atoms with Crippen molar-refractivity contribution in [2.45, 2.75) is 19.4 Å². The number of ether oxygens (including phenoxy) is 1. The van der Waals surface area contributed by atoms with E-state index in [1.807, 2.05) is 0 Å². The fraction of sp³-hybridized carbons (Fsp3) is 0.700. The second-order valence-corrected chi connectivity index (χ2v) is 3.51. The van der Waals surface area contributed by atoms with Crippen molar-refractivity contribution in [1.82, 2.24) is 10.2 Å². The van der Waals surface area contributed by atoms with Gasteiger partial charge in [-0.1, -0.05) is 0 Å². The van der Waals surface area contributed by atoms with Gasteiger partial charge in [-0.2, -0.15) is 0 Å². The number of hydrogen-bond donors (Lipinski definition) is 3. The van der Waals surface area contributed by atoms with Crippen molar-refractivity contribution < 1.29 is 29.3 Å². The molecule has 18 heavy (non-hydrogen) atoms. The number of hydrogen-bond acceptors (Lipinski definition) is 5. The van der Waals surface area contributed by atoms with E-state index in [0.29, 0.717) is 0 Å². The number of carboxylic acids is 1. The third-order valence-electron chi connectivity index (χ3n) is 2.03. The molecule has 0 unspecified atom stereocenters. The number of carboxylic acid groups (broad SMARTS) is 1. The number of likely N-dealkylation sites (N-methyl/N-ethyl adjacent to an activating group) is 1. The minimum atomic E-state index is -1.25. The fourth-order valence-electron chi connectivity index (χ4n) is 1.12. The number of amides is 2. The lowest BCUT2D eigenvalue weighted by Crippen LogP contribution is -2.48. The Hall–Kier alpha value is -1.83. The Morgan fingerprint density at radius 1 is 1.39 bits per heavy atom. The molecule has 0 saturated carbocycles. The Morgan fingerprint density at radius 2 is 2.00 bits per heavy atom. The van der Waals surface area contributed by atoms with Gasteiger partial charge in [-0.3, -0.25) is 4.79 Å². The van der Waals surface area contributed by atoms with Crippen molar-refractivity contribution in [3.05, 3.63) is 0 Å². The van der Waals surface area contributed by atoms with Crippen molar-refractivity contribution >= 4 is 18.0 Å². The second kappa shape index (κ2) is 8.29. The summed E-state index contributed by atoms with van der Waals surface area (Å²) in [6, 6.07) is -1.91. The number of aliphatic carboxylic acids is 1. The molecule has 0 bridgehead atoms. The van der Waals surface area contributed by atoms with Gasteiger partial charge in [0.25, 0.3) is 0 Å². The first-order valence-electron chi connectivity index (χ1n) is 5.43. The SMILES string of the molecule is CCOC(=O)CN(C)C(=O)N[C@H](CCO)C(=O)O. The standard InChI is InChI=1S/C10H18N2O6/c1-3-18-8(14)6-12(2)10(17)11-7(4-5-13)9(15)16/h7,13H,3-6H2,1-2H3,(H,11,17)(H,15,16)/t7-/m1/s1. The summed E-state index contributed by atoms with van der Waals surface area (Å²) < 4.78 is 4.65. The van der Waals surface area contributed by atoms with Gasteiger partial charge >= 0.3 is 18.0 Å². The highest BCUT2D eigenvalue weighted by molar-refractivity contribution is 5.84. The van der Waals surface area contributed by atoms with Crippen molar-refractivity contribution in [2.75, 3.05) is 26.8 Å². The van der Waals surface area contributed by atoms with E-state index >= 15 is 0 Å². The largest absolute Gasteiger partial charge is 0.480 e. The molecule has 0 fully saturated rings. The molecule has 0 aliphatic rings. The monoisotopic (exact) mass is 262 g/mol. The lowest BCUT2D eigenvalue weighted by atomic mass is 10.2. The number of carbonyl (C=O) groups excluding carboxylic acids is 2. The van der Waals surface area contributed by atoms with E-state index in [2.05, 4.69) is 10.1 Å². The minimum absolute atomic E-state index is 0.103. The molecular formula is C10H18N2O6. The van der Waals surface area contributed by atoms with E-state index in [1.54, 1.807) is 6.92 Å². The van der Waals surface area contributed by atoms with Gasteiger partial charge in [-0.15, -0.1) is 0 Å². The quantitative estimate of drug-likeness (QED) is 0.508. The molecule has 0 radical (unpaired) electrons. The summed E-state index contributed by atoms with van der Waals surface area (Å²) in [5.41, 5.74) is 0. The van der Waals surface area contributed by atoms with Crippen LogP contribution in [0.5, 0.6) is 0 Å². The molecule has 0 spiro atoms. The number of nitrogens with zero attached hydrogens (tertiary/aromatic N) is 1. The fourth-order valence-corrected chi connectivity index (χ4v) is 1.12. The van der Waals surface area contributed by atoms with Crippen LogP contribution in [-0.2, 0) is 14.3 Å². The maximum Gasteiger partial charge on any atom is 0.326 e. The van der Waals surface area contributed by atoms with E-state index in [1.165, 1.54) is 7.05 Å². The third kappa shape index (κ3) is 6.04. The smallest absolute Gasteiger partial charge is 0.326 e. The molecule has 0 aromatic rings. The number of esters is 1. The zero-order valence-corrected chi connectivity index (χ0v) is 10.4. The van der Waals surface area contributed by atoms with Gasteiger partial charge in [0.05, 0.1) is 6.61 Å². The Balaban J connectivity index is 4.28. The average molecular weight is 262 g/mol. The van der Waals surface area contributed by atoms with E-state index in [-0.39, 0.29) is 26.2 Å². The van der Waals surface area contributed by atoms with Crippen molar-refractivity contribution in [1.29, 1.82) is 0 Å². The van der Waals surface area contributed by atoms with E-state index in [4.69, 9.17) is 10.2 Å². The van der Waals surface area contributed by atoms with Crippen LogP contribution in [0.25, 0.3) is 0 Å². The molecule has 0 aliphatic heterocycles. The number of carbonyl (C=O) groups is 3. The van der Waals surface area contributed by atoms with Crippen LogP contribution < -0.4 is 5.32 Å². The van der Waals surface area contributed by atoms with E-state index < -0.39 is 24.0 Å². The third-order valence-corrected chi connectivity index (χ3v) is 2.03. The molecule has 0 aromatic carbocycles. The van der Waals surface area contributed by atoms with Gasteiger partial charge < -0.3 is 25.2 Å². The van der Waals surface area contributed by atoms with Crippen LogP contribution in [0.3, 0.4) is 0 Å². The maximum atomic E-state index is 11.5. The molecule has 0 heterocycles. The molecule has 0 aromatic heterocycles. The number of aliphatic hydroxyl groups excluding tert-OH is 1. The van der Waals surface area contributed by atoms with Crippen LogP contribution in [0.1, 0.15) is 13.3 Å². The average Bonchev–Trinajstić information content (AvgIpc) is 2.28. The summed E-state index contributed by atoms with van der Waals surface area (Å²) >= 11 is 0. The lowest BCUT2D eigenvalue weighted by Gasteiger charge is -2.20. The molecular weight excluding hydrogens is 244 g/mol. The Labute approximate surface area is 105 Å². The molecule has 104 valence electrons. The topological polar surface area (TPSA) is 116 Å². The summed E-state index contributed by atoms with van der Waals surface area (Å²) in [6.45, 7) is 1.21. The minimum Gasteiger partial charge on any atom is -0.480 e. The van der Waals surface area contributed by atoms with Crippen LogP contribution in [-0.4, -0.2) is 65.9 Å². The summed E-state index contributed by atoms with van der Waals surface area (Å²) in [5, 5.41) is 19.6. The van der Waals surface area contributed by atoms with Crippen LogP contribution >= 0.6 is 0 Å². The molecule has 1 atom stereocenters. The predicted octanol–water partition coefficient (Wildman–Crippen LogP) is -0.973. The predicted molar refractivity (Wildman–Crippen MR) is 60.9 cm³/mol. The normalized spacial score (nSPS) is 11.5.